The van der Waals surface area contributed by atoms with Crippen LogP contribution < -0.4 is 20.4 Å². The third-order valence-electron chi connectivity index (χ3n) is 6.01. The molecule has 1 aliphatic heterocycles. The predicted molar refractivity (Wildman–Crippen MR) is 144 cm³/mol. The zero-order valence-electron chi connectivity index (χ0n) is 20.2. The summed E-state index contributed by atoms with van der Waals surface area (Å²) in [4.78, 5) is 29.7. The quantitative estimate of drug-likeness (QED) is 0.366. The molecule has 4 aromatic rings. The molecule has 2 amide bonds. The van der Waals surface area contributed by atoms with Gasteiger partial charge in [0.2, 0.25) is 0 Å². The molecule has 2 heterocycles. The minimum Gasteiger partial charge on any atom is -0.494 e. The largest absolute Gasteiger partial charge is 0.494 e. The van der Waals surface area contributed by atoms with Crippen LogP contribution in [0.5, 0.6) is 5.75 Å². The van der Waals surface area contributed by atoms with E-state index in [9.17, 15) is 9.59 Å². The highest BCUT2D eigenvalue weighted by Gasteiger charge is 2.32. The Balaban J connectivity index is 1.34. The van der Waals surface area contributed by atoms with Gasteiger partial charge < -0.3 is 15.4 Å². The van der Waals surface area contributed by atoms with Crippen LogP contribution in [0.15, 0.2) is 108 Å². The average Bonchev–Trinajstić information content (AvgIpc) is 3.41. The number of carbonyl (C=O) groups excluding carboxylic acids is 2. The molecule has 8 nitrogen and oxygen atoms in total. The number of anilines is 3. The zero-order valence-corrected chi connectivity index (χ0v) is 20.2. The topological polar surface area (TPSA) is 95.9 Å². The van der Waals surface area contributed by atoms with Gasteiger partial charge in [-0.05, 0) is 42.0 Å². The fourth-order valence-electron chi connectivity index (χ4n) is 4.17. The summed E-state index contributed by atoms with van der Waals surface area (Å²) in [5.74, 6) is -0.193. The first-order valence-corrected chi connectivity index (χ1v) is 11.8. The van der Waals surface area contributed by atoms with Gasteiger partial charge in [0.05, 0.1) is 30.1 Å². The molecule has 1 atom stereocenters. The number of ether oxygens (including phenoxy) is 1. The summed E-state index contributed by atoms with van der Waals surface area (Å²) in [5.41, 5.74) is 3.84. The number of para-hydroxylation sites is 1. The van der Waals surface area contributed by atoms with Gasteiger partial charge in [0.25, 0.3) is 11.8 Å². The highest BCUT2D eigenvalue weighted by molar-refractivity contribution is 6.43. The molecule has 0 bridgehead atoms. The third-order valence-corrected chi connectivity index (χ3v) is 6.01. The van der Waals surface area contributed by atoms with E-state index in [4.69, 9.17) is 4.74 Å². The maximum absolute atomic E-state index is 13.2. The van der Waals surface area contributed by atoms with Crippen molar-refractivity contribution in [3.8, 4) is 5.75 Å². The van der Waals surface area contributed by atoms with E-state index < -0.39 is 0 Å². The first-order chi connectivity index (χ1) is 18.1. The monoisotopic (exact) mass is 491 g/mol. The van der Waals surface area contributed by atoms with E-state index in [0.29, 0.717) is 34.8 Å². The van der Waals surface area contributed by atoms with Crippen LogP contribution in [0, 0.1) is 0 Å². The molecule has 0 radical (unpaired) electrons. The molecule has 2 N–H and O–H groups in total. The fourth-order valence-corrected chi connectivity index (χ4v) is 4.17. The average molecular weight is 492 g/mol. The molecule has 0 fully saturated rings. The molecule has 37 heavy (non-hydrogen) atoms. The number of nitrogens with zero attached hydrogens (tertiary/aromatic N) is 3. The lowest BCUT2D eigenvalue weighted by Crippen LogP contribution is -2.22. The molecule has 184 valence electrons. The van der Waals surface area contributed by atoms with Crippen LogP contribution in [0.2, 0.25) is 0 Å². The first kappa shape index (κ1) is 23.7. The van der Waals surface area contributed by atoms with Crippen LogP contribution >= 0.6 is 0 Å². The highest BCUT2D eigenvalue weighted by atomic mass is 16.5. The molecule has 1 aliphatic rings. The molecule has 0 spiro atoms. The van der Waals surface area contributed by atoms with E-state index in [1.54, 1.807) is 36.5 Å². The lowest BCUT2D eigenvalue weighted by Gasteiger charge is -2.23. The standard InChI is InChI=1S/C29H25N5O3/c1-37-27-17-22(14-15-24(27)32-28(35)21-11-8-16-30-19-21)31-29(36)25-18-26(20-9-4-2-5-10-20)34(33-25)23-12-6-3-7-13-23/h2-17,19,26H,18H2,1H3,(H,31,36)(H,32,35). The number of aromatic nitrogens is 1. The molecule has 0 saturated carbocycles. The van der Waals surface area contributed by atoms with Crippen molar-refractivity contribution < 1.29 is 14.3 Å². The maximum atomic E-state index is 13.2. The van der Waals surface area contributed by atoms with Gasteiger partial charge in [0.1, 0.15) is 11.5 Å². The number of carbonyl (C=O) groups is 2. The Morgan fingerprint density at radius 1 is 0.892 bits per heavy atom. The Bertz CT molecular complexity index is 1430. The van der Waals surface area contributed by atoms with E-state index in [2.05, 4.69) is 20.7 Å². The number of nitrogens with one attached hydrogen (secondary N) is 2. The second-order valence-electron chi connectivity index (χ2n) is 8.42. The summed E-state index contributed by atoms with van der Waals surface area (Å²) in [6.45, 7) is 0. The number of hydrogen-bond acceptors (Lipinski definition) is 6. The molecule has 0 aliphatic carbocycles. The van der Waals surface area contributed by atoms with E-state index in [1.807, 2.05) is 65.7 Å². The summed E-state index contributed by atoms with van der Waals surface area (Å²) >= 11 is 0. The van der Waals surface area contributed by atoms with Gasteiger partial charge in [-0.1, -0.05) is 48.5 Å². The number of amides is 2. The zero-order chi connectivity index (χ0) is 25.6. The number of benzene rings is 3. The van der Waals surface area contributed by atoms with Crippen LogP contribution in [0.25, 0.3) is 0 Å². The Morgan fingerprint density at radius 2 is 1.65 bits per heavy atom. The predicted octanol–water partition coefficient (Wildman–Crippen LogP) is 5.29. The Hall–Kier alpha value is -4.98. The van der Waals surface area contributed by atoms with Crippen molar-refractivity contribution in [2.75, 3.05) is 22.8 Å². The normalized spacial score (nSPS) is 14.6. The summed E-state index contributed by atoms with van der Waals surface area (Å²) < 4.78 is 5.46. The molecule has 5 rings (SSSR count). The van der Waals surface area contributed by atoms with Crippen LogP contribution in [-0.4, -0.2) is 29.6 Å². The van der Waals surface area contributed by atoms with Crippen LogP contribution in [0.3, 0.4) is 0 Å². The fraction of sp³-hybridized carbons (Fsp3) is 0.103. The molecular weight excluding hydrogens is 466 g/mol. The number of hydrogen-bond donors (Lipinski definition) is 2. The molecule has 3 aromatic carbocycles. The van der Waals surface area contributed by atoms with Crippen LogP contribution in [-0.2, 0) is 4.79 Å². The number of methoxy groups -OCH3 is 1. The van der Waals surface area contributed by atoms with Crippen molar-refractivity contribution in [3.63, 3.8) is 0 Å². The third kappa shape index (κ3) is 5.33. The van der Waals surface area contributed by atoms with Gasteiger partial charge >= 0.3 is 0 Å². The molecule has 8 heteroatoms. The van der Waals surface area contributed by atoms with Gasteiger partial charge in [0, 0.05) is 30.6 Å². The second kappa shape index (κ2) is 10.7. The lowest BCUT2D eigenvalue weighted by molar-refractivity contribution is -0.110. The first-order valence-electron chi connectivity index (χ1n) is 11.8. The Morgan fingerprint density at radius 3 is 2.35 bits per heavy atom. The second-order valence-corrected chi connectivity index (χ2v) is 8.42. The Kier molecular flexibility index (Phi) is 6.89. The molecular formula is C29H25N5O3. The highest BCUT2D eigenvalue weighted by Crippen LogP contribution is 2.35. The maximum Gasteiger partial charge on any atom is 0.271 e. The van der Waals surface area contributed by atoms with E-state index in [-0.39, 0.29) is 17.9 Å². The van der Waals surface area contributed by atoms with Gasteiger partial charge in [-0.15, -0.1) is 0 Å². The smallest absolute Gasteiger partial charge is 0.271 e. The Labute approximate surface area is 214 Å². The van der Waals surface area contributed by atoms with Gasteiger partial charge in [0.15, 0.2) is 0 Å². The van der Waals surface area contributed by atoms with E-state index in [1.165, 1.54) is 13.3 Å². The van der Waals surface area contributed by atoms with Crippen molar-refractivity contribution >= 4 is 34.6 Å². The molecule has 1 aromatic heterocycles. The number of hydrazone groups is 1. The van der Waals surface area contributed by atoms with Crippen molar-refractivity contribution in [1.29, 1.82) is 0 Å². The molecule has 0 saturated heterocycles. The number of rotatable bonds is 7. The minimum atomic E-state index is -0.309. The van der Waals surface area contributed by atoms with Gasteiger partial charge in [-0.25, -0.2) is 0 Å². The molecule has 1 unspecified atom stereocenters. The SMILES string of the molecule is COc1cc(NC(=O)C2=NN(c3ccccc3)C(c3ccccc3)C2)ccc1NC(=O)c1cccnc1. The van der Waals surface area contributed by atoms with Crippen LogP contribution in [0.4, 0.5) is 17.1 Å². The van der Waals surface area contributed by atoms with Crippen molar-refractivity contribution in [1.82, 2.24) is 4.98 Å². The van der Waals surface area contributed by atoms with Crippen LogP contribution in [0.1, 0.15) is 28.4 Å². The summed E-state index contributed by atoms with van der Waals surface area (Å²) in [7, 11) is 1.50. The van der Waals surface area contributed by atoms with E-state index >= 15 is 0 Å². The summed E-state index contributed by atoms with van der Waals surface area (Å²) in [6, 6.07) is 28.1. The van der Waals surface area contributed by atoms with Crippen molar-refractivity contribution in [2.45, 2.75) is 12.5 Å². The van der Waals surface area contributed by atoms with Gasteiger partial charge in [-0.2, -0.15) is 5.10 Å². The van der Waals surface area contributed by atoms with Crippen molar-refractivity contribution in [2.24, 2.45) is 5.10 Å². The number of pyridine rings is 1. The summed E-state index contributed by atoms with van der Waals surface area (Å²) in [6.07, 6.45) is 3.55. The summed E-state index contributed by atoms with van der Waals surface area (Å²) in [5, 5.41) is 12.3. The van der Waals surface area contributed by atoms with Gasteiger partial charge in [-0.3, -0.25) is 19.6 Å². The van der Waals surface area contributed by atoms with E-state index in [0.717, 1.165) is 11.3 Å². The lowest BCUT2D eigenvalue weighted by atomic mass is 10.0. The van der Waals surface area contributed by atoms with Crippen molar-refractivity contribution in [3.05, 3.63) is 115 Å². The minimum absolute atomic E-state index is 0.0936.